The molecule has 0 aliphatic rings. The first-order chi connectivity index (χ1) is 12.8. The van der Waals surface area contributed by atoms with E-state index in [9.17, 15) is 14.9 Å². The van der Waals surface area contributed by atoms with Crippen LogP contribution in [0.5, 0.6) is 17.2 Å². The number of methoxy groups -OCH3 is 1. The van der Waals surface area contributed by atoms with Crippen LogP contribution in [0, 0.1) is 24.0 Å². The molecule has 0 saturated heterocycles. The number of esters is 1. The molecule has 0 amide bonds. The van der Waals surface area contributed by atoms with Crippen molar-refractivity contribution in [3.63, 3.8) is 0 Å². The van der Waals surface area contributed by atoms with E-state index in [1.54, 1.807) is 18.2 Å². The third-order valence-corrected chi connectivity index (χ3v) is 4.16. The summed E-state index contributed by atoms with van der Waals surface area (Å²) in [6, 6.07) is 8.06. The molecule has 0 aliphatic carbocycles. The number of nitrogens with zero attached hydrogens (tertiary/aromatic N) is 1. The van der Waals surface area contributed by atoms with Crippen LogP contribution < -0.4 is 14.2 Å². The number of carbonyl (C=O) groups is 1. The van der Waals surface area contributed by atoms with Crippen LogP contribution in [0.1, 0.15) is 16.7 Å². The Morgan fingerprint density at radius 2 is 1.85 bits per heavy atom. The smallest absolute Gasteiger partial charge is 0.349 e. The van der Waals surface area contributed by atoms with Gasteiger partial charge in [0.05, 0.1) is 12.0 Å². The molecule has 0 unspecified atom stereocenters. The SMILES string of the molecule is COc1cc(C=C[N+](=O)[O-])ccc1OC(=O)COc1cc(C)c(Cl)c(C)c1. The third-order valence-electron chi connectivity index (χ3n) is 3.57. The van der Waals surface area contributed by atoms with Gasteiger partial charge in [0.1, 0.15) is 5.75 Å². The van der Waals surface area contributed by atoms with Gasteiger partial charge in [-0.1, -0.05) is 17.7 Å². The average Bonchev–Trinajstić information content (AvgIpc) is 2.63. The van der Waals surface area contributed by atoms with Crippen LogP contribution in [0.4, 0.5) is 0 Å². The predicted molar refractivity (Wildman–Crippen MR) is 101 cm³/mol. The zero-order chi connectivity index (χ0) is 20.0. The number of aryl methyl sites for hydroxylation is 2. The van der Waals surface area contributed by atoms with Gasteiger partial charge in [-0.15, -0.1) is 0 Å². The van der Waals surface area contributed by atoms with Crippen molar-refractivity contribution in [2.45, 2.75) is 13.8 Å². The van der Waals surface area contributed by atoms with Crippen molar-refractivity contribution in [3.05, 3.63) is 68.4 Å². The Kier molecular flexibility index (Phi) is 6.79. The van der Waals surface area contributed by atoms with Crippen LogP contribution in [0.2, 0.25) is 5.02 Å². The first-order valence-electron chi connectivity index (χ1n) is 7.90. The van der Waals surface area contributed by atoms with Crippen LogP contribution in [-0.4, -0.2) is 24.6 Å². The van der Waals surface area contributed by atoms with E-state index in [0.29, 0.717) is 16.3 Å². The summed E-state index contributed by atoms with van der Waals surface area (Å²) in [6.45, 7) is 3.40. The summed E-state index contributed by atoms with van der Waals surface area (Å²) >= 11 is 6.10. The first kappa shape index (κ1) is 20.3. The van der Waals surface area contributed by atoms with Crippen LogP contribution in [-0.2, 0) is 4.79 Å². The number of benzene rings is 2. The molecule has 2 aromatic rings. The Hall–Kier alpha value is -3.06. The fourth-order valence-electron chi connectivity index (χ4n) is 2.30. The number of rotatable bonds is 7. The van der Waals surface area contributed by atoms with Gasteiger partial charge >= 0.3 is 5.97 Å². The van der Waals surface area contributed by atoms with Crippen molar-refractivity contribution in [1.82, 2.24) is 0 Å². The molecule has 0 bridgehead atoms. The predicted octanol–water partition coefficient (Wildman–Crippen LogP) is 4.20. The Labute approximate surface area is 161 Å². The molecule has 0 atom stereocenters. The second-order valence-electron chi connectivity index (χ2n) is 5.65. The number of hydrogen-bond acceptors (Lipinski definition) is 6. The van der Waals surface area contributed by atoms with Gasteiger partial charge in [0, 0.05) is 11.1 Å². The summed E-state index contributed by atoms with van der Waals surface area (Å²) in [5, 5.41) is 11.0. The molecular weight excluding hydrogens is 374 g/mol. The summed E-state index contributed by atoms with van der Waals surface area (Å²) < 4.78 is 15.9. The molecule has 27 heavy (non-hydrogen) atoms. The van der Waals surface area contributed by atoms with E-state index in [-0.39, 0.29) is 18.1 Å². The highest BCUT2D eigenvalue weighted by Crippen LogP contribution is 2.29. The number of nitro groups is 1. The molecule has 2 rings (SSSR count). The number of halogens is 1. The molecule has 0 aromatic heterocycles. The minimum Gasteiger partial charge on any atom is -0.493 e. The lowest BCUT2D eigenvalue weighted by Crippen LogP contribution is -2.18. The van der Waals surface area contributed by atoms with Crippen LogP contribution >= 0.6 is 11.6 Å². The lowest BCUT2D eigenvalue weighted by atomic mass is 10.1. The van der Waals surface area contributed by atoms with Crippen molar-refractivity contribution in [2.24, 2.45) is 0 Å². The second kappa shape index (κ2) is 9.05. The normalized spacial score (nSPS) is 10.7. The highest BCUT2D eigenvalue weighted by Gasteiger charge is 2.12. The minimum atomic E-state index is -0.618. The number of ether oxygens (including phenoxy) is 3. The third kappa shape index (κ3) is 5.72. The van der Waals surface area contributed by atoms with Crippen molar-refractivity contribution >= 4 is 23.6 Å². The summed E-state index contributed by atoms with van der Waals surface area (Å²) in [7, 11) is 1.41. The Bertz CT molecular complexity index is 871. The van der Waals surface area contributed by atoms with Crippen molar-refractivity contribution in [2.75, 3.05) is 13.7 Å². The van der Waals surface area contributed by atoms with Gasteiger partial charge in [0.2, 0.25) is 6.20 Å². The van der Waals surface area contributed by atoms with E-state index in [0.717, 1.165) is 17.3 Å². The topological polar surface area (TPSA) is 87.9 Å². The van der Waals surface area contributed by atoms with Crippen molar-refractivity contribution < 1.29 is 23.9 Å². The van der Waals surface area contributed by atoms with Gasteiger partial charge in [-0.05, 0) is 54.8 Å². The maximum Gasteiger partial charge on any atom is 0.349 e. The molecule has 0 aliphatic heterocycles. The Balaban J connectivity index is 2.03. The van der Waals surface area contributed by atoms with Gasteiger partial charge in [-0.3, -0.25) is 10.1 Å². The standard InChI is InChI=1S/C19H18ClNO6/c1-12-8-15(9-13(2)19(12)20)26-11-18(22)27-16-5-4-14(6-7-21(23)24)10-17(16)25-3/h4-10H,11H2,1-3H3. The monoisotopic (exact) mass is 391 g/mol. The molecule has 2 aromatic carbocycles. The summed E-state index contributed by atoms with van der Waals surface area (Å²) in [5.74, 6) is 0.352. The summed E-state index contributed by atoms with van der Waals surface area (Å²) in [5.41, 5.74) is 2.23. The van der Waals surface area contributed by atoms with Gasteiger partial charge in [0.15, 0.2) is 18.1 Å². The second-order valence-corrected chi connectivity index (χ2v) is 6.02. The molecule has 0 spiro atoms. The minimum absolute atomic E-state index is 0.188. The molecule has 7 nitrogen and oxygen atoms in total. The molecule has 0 radical (unpaired) electrons. The van der Waals surface area contributed by atoms with Gasteiger partial charge in [-0.2, -0.15) is 0 Å². The van der Waals surface area contributed by atoms with E-state index in [1.165, 1.54) is 25.3 Å². The van der Waals surface area contributed by atoms with Gasteiger partial charge in [-0.25, -0.2) is 4.79 Å². The van der Waals surface area contributed by atoms with E-state index in [2.05, 4.69) is 0 Å². The highest BCUT2D eigenvalue weighted by atomic mass is 35.5. The molecule has 8 heteroatoms. The summed E-state index contributed by atoms with van der Waals surface area (Å²) in [6.07, 6.45) is 2.12. The molecule has 0 heterocycles. The lowest BCUT2D eigenvalue weighted by Gasteiger charge is -2.12. The zero-order valence-electron chi connectivity index (χ0n) is 15.0. The van der Waals surface area contributed by atoms with Crippen molar-refractivity contribution in [3.8, 4) is 17.2 Å². The fourth-order valence-corrected chi connectivity index (χ4v) is 2.41. The Morgan fingerprint density at radius 1 is 1.19 bits per heavy atom. The molecule has 0 fully saturated rings. The zero-order valence-corrected chi connectivity index (χ0v) is 15.8. The maximum atomic E-state index is 12.1. The highest BCUT2D eigenvalue weighted by molar-refractivity contribution is 6.32. The largest absolute Gasteiger partial charge is 0.493 e. The fraction of sp³-hybridized carbons (Fsp3) is 0.211. The lowest BCUT2D eigenvalue weighted by molar-refractivity contribution is -0.400. The van der Waals surface area contributed by atoms with E-state index < -0.39 is 10.9 Å². The van der Waals surface area contributed by atoms with E-state index >= 15 is 0 Å². The number of carbonyl (C=O) groups excluding carboxylic acids is 1. The maximum absolute atomic E-state index is 12.1. The van der Waals surface area contributed by atoms with Crippen LogP contribution in [0.3, 0.4) is 0 Å². The van der Waals surface area contributed by atoms with Gasteiger partial charge < -0.3 is 14.2 Å². The number of hydrogen-bond donors (Lipinski definition) is 0. The average molecular weight is 392 g/mol. The van der Waals surface area contributed by atoms with Crippen LogP contribution in [0.15, 0.2) is 36.5 Å². The van der Waals surface area contributed by atoms with Crippen LogP contribution in [0.25, 0.3) is 6.08 Å². The van der Waals surface area contributed by atoms with E-state index in [1.807, 2.05) is 13.8 Å². The summed E-state index contributed by atoms with van der Waals surface area (Å²) in [4.78, 5) is 21.9. The first-order valence-corrected chi connectivity index (χ1v) is 8.28. The molecule has 0 N–H and O–H groups in total. The Morgan fingerprint density at radius 3 is 2.44 bits per heavy atom. The van der Waals surface area contributed by atoms with Crippen molar-refractivity contribution in [1.29, 1.82) is 0 Å². The van der Waals surface area contributed by atoms with Gasteiger partial charge in [0.25, 0.3) is 0 Å². The molecule has 0 saturated carbocycles. The van der Waals surface area contributed by atoms with E-state index in [4.69, 9.17) is 25.8 Å². The quantitative estimate of drug-likeness (QED) is 0.304. The molecule has 142 valence electrons. The molecular formula is C19H18ClNO6.